The molecule has 0 atom stereocenters. The van der Waals surface area contributed by atoms with E-state index in [0.29, 0.717) is 26.9 Å². The molecule has 0 saturated heterocycles. The van der Waals surface area contributed by atoms with Crippen LogP contribution in [0.4, 0.5) is 0 Å². The Morgan fingerprint density at radius 3 is 2.55 bits per heavy atom. The van der Waals surface area contributed by atoms with Crippen LogP contribution in [0.5, 0.6) is 0 Å². The summed E-state index contributed by atoms with van der Waals surface area (Å²) < 4.78 is 4.93. The molecular formula is C15H7NO3S. The van der Waals surface area contributed by atoms with E-state index in [4.69, 9.17) is 0 Å². The number of carbonyl (C=O) groups is 2. The van der Waals surface area contributed by atoms with Crippen LogP contribution < -0.4 is 0 Å². The van der Waals surface area contributed by atoms with Crippen molar-refractivity contribution in [2.24, 2.45) is 0 Å². The largest absolute Gasteiger partial charge is 0.478 e. The fourth-order valence-corrected chi connectivity index (χ4v) is 3.55. The van der Waals surface area contributed by atoms with E-state index in [2.05, 4.69) is 4.37 Å². The maximum Gasteiger partial charge on any atom is 0.337 e. The lowest BCUT2D eigenvalue weighted by atomic mass is 9.87. The van der Waals surface area contributed by atoms with Gasteiger partial charge in [-0.3, -0.25) is 4.79 Å². The molecule has 0 aliphatic heterocycles. The van der Waals surface area contributed by atoms with Gasteiger partial charge in [-0.15, -0.1) is 0 Å². The number of hydrogen-bond donors (Lipinski definition) is 1. The molecule has 0 saturated carbocycles. The lowest BCUT2D eigenvalue weighted by molar-refractivity contribution is 0.0699. The van der Waals surface area contributed by atoms with Crippen LogP contribution in [0.25, 0.3) is 21.3 Å². The number of hydrogen-bond acceptors (Lipinski definition) is 4. The molecule has 1 aromatic heterocycles. The molecule has 20 heavy (non-hydrogen) atoms. The highest BCUT2D eigenvalue weighted by molar-refractivity contribution is 7.14. The summed E-state index contributed by atoms with van der Waals surface area (Å²) in [6, 6.07) is 10.4. The second kappa shape index (κ2) is 3.74. The minimum Gasteiger partial charge on any atom is -0.478 e. The first-order chi connectivity index (χ1) is 9.68. The Labute approximate surface area is 117 Å². The maximum atomic E-state index is 12.5. The third-order valence-electron chi connectivity index (χ3n) is 3.52. The summed E-state index contributed by atoms with van der Waals surface area (Å²) >= 11 is 1.13. The normalized spacial score (nSPS) is 12.5. The maximum absolute atomic E-state index is 12.5. The molecule has 0 unspecified atom stereocenters. The van der Waals surface area contributed by atoms with Crippen molar-refractivity contribution in [3.63, 3.8) is 0 Å². The zero-order valence-corrected chi connectivity index (χ0v) is 10.9. The number of nitrogens with zero attached hydrogens (tertiary/aromatic N) is 1. The molecule has 1 heterocycles. The number of benzene rings is 2. The predicted molar refractivity (Wildman–Crippen MR) is 75.4 cm³/mol. The Balaban J connectivity index is 2.20. The number of aromatic nitrogens is 1. The van der Waals surface area contributed by atoms with Crippen molar-refractivity contribution in [3.8, 4) is 11.3 Å². The van der Waals surface area contributed by atoms with E-state index in [-0.39, 0.29) is 11.3 Å². The molecule has 96 valence electrons. The van der Waals surface area contributed by atoms with Crippen molar-refractivity contribution in [2.75, 3.05) is 0 Å². The van der Waals surface area contributed by atoms with Crippen LogP contribution in [0.1, 0.15) is 26.3 Å². The first kappa shape index (κ1) is 11.3. The van der Waals surface area contributed by atoms with Crippen molar-refractivity contribution in [2.45, 2.75) is 0 Å². The van der Waals surface area contributed by atoms with Crippen LogP contribution >= 0.6 is 11.5 Å². The summed E-state index contributed by atoms with van der Waals surface area (Å²) in [6.07, 6.45) is 0. The number of carboxylic acids is 1. The third-order valence-corrected chi connectivity index (χ3v) is 4.41. The lowest BCUT2D eigenvalue weighted by Crippen LogP contribution is -2.10. The van der Waals surface area contributed by atoms with Crippen LogP contribution in [-0.2, 0) is 0 Å². The second-order valence-corrected chi connectivity index (χ2v) is 5.35. The number of carbonyl (C=O) groups excluding carboxylic acids is 1. The summed E-state index contributed by atoms with van der Waals surface area (Å²) in [5.41, 5.74) is 2.83. The van der Waals surface area contributed by atoms with Gasteiger partial charge in [0, 0.05) is 22.1 Å². The molecule has 0 amide bonds. The molecule has 1 N–H and O–H groups in total. The third kappa shape index (κ3) is 1.27. The average Bonchev–Trinajstić information content (AvgIpc) is 2.89. The molecule has 0 spiro atoms. The first-order valence-electron chi connectivity index (χ1n) is 5.98. The van der Waals surface area contributed by atoms with E-state index in [1.807, 2.05) is 18.2 Å². The highest BCUT2D eigenvalue weighted by atomic mass is 32.1. The van der Waals surface area contributed by atoms with Crippen molar-refractivity contribution in [1.29, 1.82) is 0 Å². The topological polar surface area (TPSA) is 67.3 Å². The number of rotatable bonds is 1. The molecule has 4 nitrogen and oxygen atoms in total. The molecule has 4 rings (SSSR count). The Morgan fingerprint density at radius 1 is 1.05 bits per heavy atom. The van der Waals surface area contributed by atoms with E-state index in [1.165, 1.54) is 6.07 Å². The van der Waals surface area contributed by atoms with Crippen LogP contribution in [0.3, 0.4) is 0 Å². The Kier molecular flexibility index (Phi) is 2.11. The molecule has 5 heteroatoms. The molecule has 2 aromatic carbocycles. The van der Waals surface area contributed by atoms with Gasteiger partial charge in [-0.2, -0.15) is 4.37 Å². The van der Waals surface area contributed by atoms with Gasteiger partial charge < -0.3 is 5.11 Å². The molecule has 0 bridgehead atoms. The van der Waals surface area contributed by atoms with Crippen molar-refractivity contribution >= 4 is 33.4 Å². The SMILES string of the molecule is O=C(O)c1ccc2c3c(nsc13)-c1ccccc1C2=O. The average molecular weight is 281 g/mol. The number of fused-ring (bicyclic) bond motifs is 2. The van der Waals surface area contributed by atoms with Gasteiger partial charge in [0.15, 0.2) is 5.78 Å². The Hall–Kier alpha value is -2.53. The van der Waals surface area contributed by atoms with Gasteiger partial charge in [-0.1, -0.05) is 24.3 Å². The van der Waals surface area contributed by atoms with Crippen LogP contribution in [0.15, 0.2) is 36.4 Å². The Bertz CT molecular complexity index is 911. The van der Waals surface area contributed by atoms with Gasteiger partial charge in [-0.05, 0) is 23.7 Å². The van der Waals surface area contributed by atoms with Crippen molar-refractivity contribution in [1.82, 2.24) is 4.37 Å². The van der Waals surface area contributed by atoms with Crippen molar-refractivity contribution in [3.05, 3.63) is 53.1 Å². The lowest BCUT2D eigenvalue weighted by Gasteiger charge is -2.14. The summed E-state index contributed by atoms with van der Waals surface area (Å²) in [5, 5.41) is 9.89. The fraction of sp³-hybridized carbons (Fsp3) is 0. The minimum absolute atomic E-state index is 0.0739. The zero-order chi connectivity index (χ0) is 13.9. The predicted octanol–water partition coefficient (Wildman–Crippen LogP) is 3.21. The summed E-state index contributed by atoms with van der Waals surface area (Å²) in [4.78, 5) is 23.8. The standard InChI is InChI=1S/C15H7NO3S/c17-13-8-4-2-1-3-7(8)12-11-9(13)5-6-10(15(18)19)14(11)20-16-12/h1-6H,(H,18,19). The number of aromatic carboxylic acids is 1. The van der Waals surface area contributed by atoms with Crippen LogP contribution in [0, 0.1) is 0 Å². The van der Waals surface area contributed by atoms with Gasteiger partial charge in [0.2, 0.25) is 0 Å². The molecule has 0 fully saturated rings. The van der Waals surface area contributed by atoms with Crippen molar-refractivity contribution < 1.29 is 14.7 Å². The van der Waals surface area contributed by atoms with Gasteiger partial charge in [0.25, 0.3) is 0 Å². The first-order valence-corrected chi connectivity index (χ1v) is 6.75. The van der Waals surface area contributed by atoms with Crippen LogP contribution in [0.2, 0.25) is 0 Å². The second-order valence-electron chi connectivity index (χ2n) is 4.58. The summed E-state index contributed by atoms with van der Waals surface area (Å²) in [7, 11) is 0. The van der Waals surface area contributed by atoms with E-state index in [0.717, 1.165) is 17.1 Å². The molecule has 1 aliphatic carbocycles. The van der Waals surface area contributed by atoms with Crippen LogP contribution in [-0.4, -0.2) is 21.2 Å². The van der Waals surface area contributed by atoms with E-state index in [9.17, 15) is 14.7 Å². The van der Waals surface area contributed by atoms with E-state index < -0.39 is 5.97 Å². The highest BCUT2D eigenvalue weighted by Crippen LogP contribution is 2.41. The number of carboxylic acid groups (broad SMARTS) is 1. The molecule has 3 aromatic rings. The van der Waals surface area contributed by atoms with E-state index >= 15 is 0 Å². The van der Waals surface area contributed by atoms with Gasteiger partial charge >= 0.3 is 5.97 Å². The molecule has 0 radical (unpaired) electrons. The molecule has 1 aliphatic rings. The van der Waals surface area contributed by atoms with Gasteiger partial charge in [-0.25, -0.2) is 4.79 Å². The monoisotopic (exact) mass is 281 g/mol. The minimum atomic E-state index is -1.00. The highest BCUT2D eigenvalue weighted by Gasteiger charge is 2.29. The molecular weight excluding hydrogens is 274 g/mol. The Morgan fingerprint density at radius 2 is 1.80 bits per heavy atom. The van der Waals surface area contributed by atoms with Gasteiger partial charge in [0.05, 0.1) is 16.0 Å². The summed E-state index contributed by atoms with van der Waals surface area (Å²) in [6.45, 7) is 0. The van der Waals surface area contributed by atoms with Gasteiger partial charge in [0.1, 0.15) is 0 Å². The summed E-state index contributed by atoms with van der Waals surface area (Å²) in [5.74, 6) is -1.08. The van der Waals surface area contributed by atoms with E-state index in [1.54, 1.807) is 12.1 Å². The fourth-order valence-electron chi connectivity index (χ4n) is 2.62. The zero-order valence-electron chi connectivity index (χ0n) is 10.1. The number of ketones is 1. The quantitative estimate of drug-likeness (QED) is 0.581. The smallest absolute Gasteiger partial charge is 0.337 e.